The van der Waals surface area contributed by atoms with Crippen LogP contribution in [0.5, 0.6) is 0 Å². The second-order valence-electron chi connectivity index (χ2n) is 7.70. The van der Waals surface area contributed by atoms with E-state index in [4.69, 9.17) is 4.74 Å². The van der Waals surface area contributed by atoms with Crippen LogP contribution in [0.15, 0.2) is 18.3 Å². The highest BCUT2D eigenvalue weighted by molar-refractivity contribution is 7.20. The molecule has 0 aromatic carbocycles. The van der Waals surface area contributed by atoms with E-state index in [2.05, 4.69) is 16.0 Å². The Morgan fingerprint density at radius 3 is 2.92 bits per heavy atom. The van der Waals surface area contributed by atoms with Gasteiger partial charge in [0.1, 0.15) is 4.83 Å². The third-order valence-corrected chi connectivity index (χ3v) is 6.76. The minimum atomic E-state index is 0.103. The SMILES string of the molecule is CN(C)C(=O)c1sc2ncccc2c1C1CCN(CC2CCOCC2)C1. The highest BCUT2D eigenvalue weighted by atomic mass is 32.1. The molecule has 0 bridgehead atoms. The van der Waals surface area contributed by atoms with Crippen LogP contribution in [0.3, 0.4) is 0 Å². The Bertz CT molecular complexity index is 782. The minimum absolute atomic E-state index is 0.103. The number of carbonyl (C=O) groups is 1. The molecule has 6 heteroatoms. The van der Waals surface area contributed by atoms with Crippen LogP contribution in [-0.4, -0.2) is 67.6 Å². The number of rotatable bonds is 4. The van der Waals surface area contributed by atoms with Gasteiger partial charge in [-0.05, 0) is 43.4 Å². The van der Waals surface area contributed by atoms with Gasteiger partial charge < -0.3 is 14.5 Å². The molecule has 2 aliphatic heterocycles. The summed E-state index contributed by atoms with van der Waals surface area (Å²) < 4.78 is 5.49. The van der Waals surface area contributed by atoms with Crippen LogP contribution >= 0.6 is 11.3 Å². The van der Waals surface area contributed by atoms with Gasteiger partial charge in [0.2, 0.25) is 0 Å². The molecule has 1 amide bonds. The van der Waals surface area contributed by atoms with Gasteiger partial charge in [-0.3, -0.25) is 4.79 Å². The van der Waals surface area contributed by atoms with Crippen molar-refractivity contribution in [1.82, 2.24) is 14.8 Å². The summed E-state index contributed by atoms with van der Waals surface area (Å²) in [7, 11) is 3.66. The molecule has 0 aliphatic carbocycles. The molecular formula is C20H27N3O2S. The lowest BCUT2D eigenvalue weighted by Gasteiger charge is -2.27. The first-order valence-corrected chi connectivity index (χ1v) is 10.3. The van der Waals surface area contributed by atoms with Gasteiger partial charge in [-0.1, -0.05) is 6.07 Å². The summed E-state index contributed by atoms with van der Waals surface area (Å²) in [6, 6.07) is 4.11. The van der Waals surface area contributed by atoms with Crippen molar-refractivity contribution in [3.05, 3.63) is 28.8 Å². The fourth-order valence-corrected chi connectivity index (χ4v) is 5.50. The second kappa shape index (κ2) is 7.62. The van der Waals surface area contributed by atoms with Crippen molar-refractivity contribution in [2.24, 2.45) is 5.92 Å². The van der Waals surface area contributed by atoms with Crippen molar-refractivity contribution in [3.63, 3.8) is 0 Å². The van der Waals surface area contributed by atoms with Crippen LogP contribution in [0.2, 0.25) is 0 Å². The summed E-state index contributed by atoms with van der Waals surface area (Å²) in [5.41, 5.74) is 1.23. The molecule has 2 fully saturated rings. The lowest BCUT2D eigenvalue weighted by atomic mass is 9.95. The van der Waals surface area contributed by atoms with Crippen molar-refractivity contribution in [2.45, 2.75) is 25.2 Å². The number of nitrogens with zero attached hydrogens (tertiary/aromatic N) is 3. The van der Waals surface area contributed by atoms with Gasteiger partial charge in [-0.15, -0.1) is 11.3 Å². The summed E-state index contributed by atoms with van der Waals surface area (Å²) >= 11 is 1.55. The first kappa shape index (κ1) is 17.9. The number of hydrogen-bond donors (Lipinski definition) is 0. The Kier molecular flexibility index (Phi) is 5.25. The molecule has 2 aromatic heterocycles. The summed E-state index contributed by atoms with van der Waals surface area (Å²) in [6.45, 7) is 5.15. The van der Waals surface area contributed by atoms with E-state index < -0.39 is 0 Å². The van der Waals surface area contributed by atoms with E-state index in [0.717, 1.165) is 54.9 Å². The van der Waals surface area contributed by atoms with Crippen molar-refractivity contribution < 1.29 is 9.53 Å². The van der Waals surface area contributed by atoms with Gasteiger partial charge >= 0.3 is 0 Å². The molecular weight excluding hydrogens is 346 g/mol. The monoisotopic (exact) mass is 373 g/mol. The standard InChI is InChI=1S/C20H27N3O2S/c1-22(2)20(24)18-17(16-4-3-8-21-19(16)26-18)15-5-9-23(13-15)12-14-6-10-25-11-7-14/h3-4,8,14-15H,5-7,9-13H2,1-2H3. The molecule has 4 heterocycles. The van der Waals surface area contributed by atoms with Crippen molar-refractivity contribution in [2.75, 3.05) is 46.9 Å². The van der Waals surface area contributed by atoms with Crippen LogP contribution < -0.4 is 0 Å². The van der Waals surface area contributed by atoms with Gasteiger partial charge in [0.15, 0.2) is 0 Å². The Morgan fingerprint density at radius 1 is 1.35 bits per heavy atom. The van der Waals surface area contributed by atoms with Crippen LogP contribution in [0, 0.1) is 5.92 Å². The van der Waals surface area contributed by atoms with Gasteiger partial charge in [0.05, 0.1) is 4.88 Å². The van der Waals surface area contributed by atoms with E-state index in [1.165, 1.54) is 23.8 Å². The van der Waals surface area contributed by atoms with Crippen molar-refractivity contribution >= 4 is 27.5 Å². The number of likely N-dealkylation sites (tertiary alicyclic amines) is 1. The summed E-state index contributed by atoms with van der Waals surface area (Å²) in [5.74, 6) is 1.28. The molecule has 0 radical (unpaired) electrons. The maximum atomic E-state index is 12.8. The van der Waals surface area contributed by atoms with E-state index in [1.54, 1.807) is 16.2 Å². The lowest BCUT2D eigenvalue weighted by Crippen LogP contribution is -2.31. The number of aromatic nitrogens is 1. The Morgan fingerprint density at radius 2 is 2.15 bits per heavy atom. The zero-order valence-electron chi connectivity index (χ0n) is 15.6. The largest absolute Gasteiger partial charge is 0.381 e. The number of carbonyl (C=O) groups excluding carboxylic acids is 1. The van der Waals surface area contributed by atoms with E-state index in [-0.39, 0.29) is 5.91 Å². The second-order valence-corrected chi connectivity index (χ2v) is 8.70. The van der Waals surface area contributed by atoms with Gasteiger partial charge in [0, 0.05) is 57.9 Å². The third kappa shape index (κ3) is 3.50. The fraction of sp³-hybridized carbons (Fsp3) is 0.600. The molecule has 0 spiro atoms. The predicted molar refractivity (Wildman–Crippen MR) is 105 cm³/mol. The van der Waals surface area contributed by atoms with Crippen LogP contribution in [-0.2, 0) is 4.74 Å². The maximum Gasteiger partial charge on any atom is 0.263 e. The summed E-state index contributed by atoms with van der Waals surface area (Å²) in [6.07, 6.45) is 5.30. The first-order valence-electron chi connectivity index (χ1n) is 9.52. The van der Waals surface area contributed by atoms with E-state index in [9.17, 15) is 4.79 Å². The highest BCUT2D eigenvalue weighted by Gasteiger charge is 2.32. The Balaban J connectivity index is 1.58. The van der Waals surface area contributed by atoms with E-state index in [0.29, 0.717) is 5.92 Å². The first-order chi connectivity index (χ1) is 12.6. The summed E-state index contributed by atoms with van der Waals surface area (Å²) in [5, 5.41) is 1.17. The molecule has 2 aliphatic rings. The quantitative estimate of drug-likeness (QED) is 0.826. The fourth-order valence-electron chi connectivity index (χ4n) is 4.25. The number of amides is 1. The molecule has 0 saturated carbocycles. The molecule has 2 aromatic rings. The lowest BCUT2D eigenvalue weighted by molar-refractivity contribution is 0.0553. The Labute approximate surface area is 159 Å². The van der Waals surface area contributed by atoms with Gasteiger partial charge in [-0.25, -0.2) is 4.98 Å². The molecule has 1 atom stereocenters. The molecule has 140 valence electrons. The number of thiophene rings is 1. The van der Waals surface area contributed by atoms with Crippen LogP contribution in [0.4, 0.5) is 0 Å². The third-order valence-electron chi connectivity index (χ3n) is 5.64. The molecule has 4 rings (SSSR count). The van der Waals surface area contributed by atoms with Crippen LogP contribution in [0.1, 0.15) is 40.4 Å². The number of hydrogen-bond acceptors (Lipinski definition) is 5. The summed E-state index contributed by atoms with van der Waals surface area (Å²) in [4.78, 5) is 23.4. The highest BCUT2D eigenvalue weighted by Crippen LogP contribution is 2.40. The zero-order chi connectivity index (χ0) is 18.1. The Hall–Kier alpha value is -1.50. The molecule has 0 N–H and O–H groups in total. The predicted octanol–water partition coefficient (Wildman–Crippen LogP) is 3.21. The van der Waals surface area contributed by atoms with Gasteiger partial charge in [0.25, 0.3) is 5.91 Å². The zero-order valence-corrected chi connectivity index (χ0v) is 16.4. The van der Waals surface area contributed by atoms with E-state index >= 15 is 0 Å². The maximum absolute atomic E-state index is 12.8. The van der Waals surface area contributed by atoms with E-state index in [1.807, 2.05) is 26.4 Å². The molecule has 26 heavy (non-hydrogen) atoms. The smallest absolute Gasteiger partial charge is 0.263 e. The number of pyridine rings is 1. The van der Waals surface area contributed by atoms with Gasteiger partial charge in [-0.2, -0.15) is 0 Å². The normalized spacial score (nSPS) is 22.2. The molecule has 1 unspecified atom stereocenters. The minimum Gasteiger partial charge on any atom is -0.381 e. The molecule has 2 saturated heterocycles. The number of fused-ring (bicyclic) bond motifs is 1. The average Bonchev–Trinajstić information content (AvgIpc) is 3.25. The molecule has 5 nitrogen and oxygen atoms in total. The van der Waals surface area contributed by atoms with Crippen molar-refractivity contribution in [3.8, 4) is 0 Å². The van der Waals surface area contributed by atoms with Crippen molar-refractivity contribution in [1.29, 1.82) is 0 Å². The topological polar surface area (TPSA) is 45.7 Å². The average molecular weight is 374 g/mol. The van der Waals surface area contributed by atoms with Crippen LogP contribution in [0.25, 0.3) is 10.2 Å². The number of ether oxygens (including phenoxy) is 1.